The standard InChI is InChI=1S/C17H26O3/c1-2-3-4-5-6-7-8-11-15-12-9-10-13-16(15)20-14-17(18)19/h9-10,12-13H,2-8,11,14H2,1H3,(H,18,19). The minimum atomic E-state index is -0.935. The Balaban J connectivity index is 2.26. The van der Waals surface area contributed by atoms with Gasteiger partial charge in [0.15, 0.2) is 6.61 Å². The van der Waals surface area contributed by atoms with Crippen molar-refractivity contribution in [2.75, 3.05) is 6.61 Å². The van der Waals surface area contributed by atoms with Gasteiger partial charge in [-0.3, -0.25) is 0 Å². The highest BCUT2D eigenvalue weighted by Crippen LogP contribution is 2.20. The van der Waals surface area contributed by atoms with Crippen LogP contribution in [0.25, 0.3) is 0 Å². The van der Waals surface area contributed by atoms with Crippen LogP contribution in [0.5, 0.6) is 5.75 Å². The molecule has 0 fully saturated rings. The SMILES string of the molecule is CCCCCCCCCc1ccccc1OCC(=O)O. The first-order valence-electron chi connectivity index (χ1n) is 7.66. The summed E-state index contributed by atoms with van der Waals surface area (Å²) in [6.45, 7) is 1.96. The van der Waals surface area contributed by atoms with E-state index in [0.29, 0.717) is 5.75 Å². The number of para-hydroxylation sites is 1. The Labute approximate surface area is 122 Å². The van der Waals surface area contributed by atoms with Gasteiger partial charge in [0.1, 0.15) is 5.75 Å². The lowest BCUT2D eigenvalue weighted by molar-refractivity contribution is -0.139. The van der Waals surface area contributed by atoms with Gasteiger partial charge in [0.2, 0.25) is 0 Å². The van der Waals surface area contributed by atoms with Crippen LogP contribution in [0.4, 0.5) is 0 Å². The van der Waals surface area contributed by atoms with Crippen LogP contribution in [0.15, 0.2) is 24.3 Å². The molecule has 0 aliphatic carbocycles. The molecule has 0 unspecified atom stereocenters. The number of ether oxygens (including phenoxy) is 1. The molecule has 20 heavy (non-hydrogen) atoms. The fraction of sp³-hybridized carbons (Fsp3) is 0.588. The Hall–Kier alpha value is -1.51. The highest BCUT2D eigenvalue weighted by molar-refractivity contribution is 5.68. The van der Waals surface area contributed by atoms with Crippen LogP contribution in [0, 0.1) is 0 Å². The van der Waals surface area contributed by atoms with E-state index in [-0.39, 0.29) is 6.61 Å². The zero-order chi connectivity index (χ0) is 14.6. The van der Waals surface area contributed by atoms with Crippen molar-refractivity contribution in [1.82, 2.24) is 0 Å². The molecule has 0 aliphatic heterocycles. The summed E-state index contributed by atoms with van der Waals surface area (Å²) < 4.78 is 5.31. The van der Waals surface area contributed by atoms with E-state index >= 15 is 0 Å². The highest BCUT2D eigenvalue weighted by atomic mass is 16.5. The number of aliphatic carboxylic acids is 1. The first-order valence-corrected chi connectivity index (χ1v) is 7.66. The third-order valence-corrected chi connectivity index (χ3v) is 3.37. The summed E-state index contributed by atoms with van der Waals surface area (Å²) in [7, 11) is 0. The lowest BCUT2D eigenvalue weighted by Crippen LogP contribution is -2.10. The van der Waals surface area contributed by atoms with Gasteiger partial charge in [0, 0.05) is 0 Å². The number of unbranched alkanes of at least 4 members (excludes halogenated alkanes) is 6. The second kappa shape index (κ2) is 10.3. The van der Waals surface area contributed by atoms with Crippen LogP contribution >= 0.6 is 0 Å². The minimum absolute atomic E-state index is 0.270. The van der Waals surface area contributed by atoms with Crippen molar-refractivity contribution in [1.29, 1.82) is 0 Å². The van der Waals surface area contributed by atoms with E-state index in [9.17, 15) is 4.79 Å². The Morgan fingerprint density at radius 3 is 2.40 bits per heavy atom. The number of carbonyl (C=O) groups is 1. The number of hydrogen-bond donors (Lipinski definition) is 1. The molecular formula is C17H26O3. The largest absolute Gasteiger partial charge is 0.482 e. The maximum Gasteiger partial charge on any atom is 0.341 e. The van der Waals surface area contributed by atoms with Crippen LogP contribution in [-0.4, -0.2) is 17.7 Å². The Morgan fingerprint density at radius 1 is 1.05 bits per heavy atom. The molecule has 0 bridgehead atoms. The molecule has 1 aromatic carbocycles. The highest BCUT2D eigenvalue weighted by Gasteiger charge is 2.05. The number of carboxylic acids is 1. The van der Waals surface area contributed by atoms with Gasteiger partial charge in [0.05, 0.1) is 0 Å². The number of carboxylic acid groups (broad SMARTS) is 1. The average molecular weight is 278 g/mol. The van der Waals surface area contributed by atoms with Crippen molar-refractivity contribution in [2.45, 2.75) is 58.3 Å². The third-order valence-electron chi connectivity index (χ3n) is 3.37. The molecule has 1 rings (SSSR count). The summed E-state index contributed by atoms with van der Waals surface area (Å²) in [5.74, 6) is -0.225. The lowest BCUT2D eigenvalue weighted by Gasteiger charge is -2.09. The van der Waals surface area contributed by atoms with E-state index in [1.54, 1.807) is 0 Å². The van der Waals surface area contributed by atoms with Crippen LogP contribution in [0.2, 0.25) is 0 Å². The maximum atomic E-state index is 10.5. The summed E-state index contributed by atoms with van der Waals surface area (Å²) >= 11 is 0. The lowest BCUT2D eigenvalue weighted by atomic mass is 10.0. The molecule has 0 saturated carbocycles. The average Bonchev–Trinajstić information content (AvgIpc) is 2.45. The quantitative estimate of drug-likeness (QED) is 0.608. The molecular weight excluding hydrogens is 252 g/mol. The Bertz CT molecular complexity index is 388. The predicted octanol–water partition coefficient (Wildman–Crippen LogP) is 4.44. The van der Waals surface area contributed by atoms with E-state index < -0.39 is 5.97 Å². The molecule has 0 spiro atoms. The van der Waals surface area contributed by atoms with Crippen molar-refractivity contribution >= 4 is 5.97 Å². The summed E-state index contributed by atoms with van der Waals surface area (Å²) in [4.78, 5) is 10.5. The van der Waals surface area contributed by atoms with Gasteiger partial charge in [-0.25, -0.2) is 4.79 Å². The van der Waals surface area contributed by atoms with E-state index in [4.69, 9.17) is 9.84 Å². The molecule has 1 aromatic rings. The zero-order valence-electron chi connectivity index (χ0n) is 12.4. The summed E-state index contributed by atoms with van der Waals surface area (Å²) in [6.07, 6.45) is 9.91. The van der Waals surface area contributed by atoms with Crippen LogP contribution in [0.1, 0.15) is 57.4 Å². The van der Waals surface area contributed by atoms with Crippen molar-refractivity contribution in [3.8, 4) is 5.75 Å². The van der Waals surface area contributed by atoms with Crippen molar-refractivity contribution < 1.29 is 14.6 Å². The molecule has 0 aliphatic rings. The third kappa shape index (κ3) is 7.17. The fourth-order valence-electron chi connectivity index (χ4n) is 2.26. The van der Waals surface area contributed by atoms with Crippen molar-refractivity contribution in [3.63, 3.8) is 0 Å². The number of rotatable bonds is 11. The first kappa shape index (κ1) is 16.5. The van der Waals surface area contributed by atoms with Crippen LogP contribution < -0.4 is 4.74 Å². The van der Waals surface area contributed by atoms with E-state index in [0.717, 1.165) is 18.4 Å². The van der Waals surface area contributed by atoms with Crippen molar-refractivity contribution in [3.05, 3.63) is 29.8 Å². The normalized spacial score (nSPS) is 10.4. The fourth-order valence-corrected chi connectivity index (χ4v) is 2.26. The molecule has 112 valence electrons. The molecule has 0 saturated heterocycles. The first-order chi connectivity index (χ1) is 9.74. The molecule has 0 radical (unpaired) electrons. The molecule has 0 amide bonds. The maximum absolute atomic E-state index is 10.5. The van der Waals surface area contributed by atoms with Gasteiger partial charge in [-0.1, -0.05) is 63.6 Å². The van der Waals surface area contributed by atoms with E-state index in [1.165, 1.54) is 38.5 Å². The minimum Gasteiger partial charge on any atom is -0.482 e. The Kier molecular flexibility index (Phi) is 8.52. The van der Waals surface area contributed by atoms with Crippen LogP contribution in [0.3, 0.4) is 0 Å². The van der Waals surface area contributed by atoms with Crippen molar-refractivity contribution in [2.24, 2.45) is 0 Å². The van der Waals surface area contributed by atoms with Gasteiger partial charge in [-0.15, -0.1) is 0 Å². The smallest absolute Gasteiger partial charge is 0.341 e. The Morgan fingerprint density at radius 2 is 1.70 bits per heavy atom. The second-order valence-electron chi connectivity index (χ2n) is 5.16. The van der Waals surface area contributed by atoms with Gasteiger partial charge >= 0.3 is 5.97 Å². The van der Waals surface area contributed by atoms with E-state index in [1.807, 2.05) is 24.3 Å². The number of hydrogen-bond acceptors (Lipinski definition) is 2. The number of benzene rings is 1. The monoisotopic (exact) mass is 278 g/mol. The van der Waals surface area contributed by atoms with Gasteiger partial charge in [-0.2, -0.15) is 0 Å². The van der Waals surface area contributed by atoms with Gasteiger partial charge in [0.25, 0.3) is 0 Å². The molecule has 0 aromatic heterocycles. The summed E-state index contributed by atoms with van der Waals surface area (Å²) in [5, 5.41) is 8.66. The summed E-state index contributed by atoms with van der Waals surface area (Å²) in [6, 6.07) is 7.73. The molecule has 3 nitrogen and oxygen atoms in total. The molecule has 3 heteroatoms. The van der Waals surface area contributed by atoms with Crippen LogP contribution in [-0.2, 0) is 11.2 Å². The zero-order valence-corrected chi connectivity index (χ0v) is 12.4. The topological polar surface area (TPSA) is 46.5 Å². The van der Waals surface area contributed by atoms with Gasteiger partial charge < -0.3 is 9.84 Å². The van der Waals surface area contributed by atoms with E-state index in [2.05, 4.69) is 6.92 Å². The molecule has 0 atom stereocenters. The van der Waals surface area contributed by atoms with Gasteiger partial charge in [-0.05, 0) is 24.5 Å². The predicted molar refractivity (Wildman–Crippen MR) is 81.3 cm³/mol. The number of aryl methyl sites for hydroxylation is 1. The summed E-state index contributed by atoms with van der Waals surface area (Å²) in [5.41, 5.74) is 1.11. The molecule has 0 heterocycles. The second-order valence-corrected chi connectivity index (χ2v) is 5.16. The molecule has 1 N–H and O–H groups in total.